The van der Waals surface area contributed by atoms with Crippen LogP contribution in [-0.2, 0) is 0 Å². The molecule has 0 unspecified atom stereocenters. The fourth-order valence-electron chi connectivity index (χ4n) is 1.65. The summed E-state index contributed by atoms with van der Waals surface area (Å²) in [6.07, 6.45) is 0. The molecule has 1 rings (SSSR count). The molecule has 0 heterocycles. The molecule has 0 aromatic heterocycles. The predicted molar refractivity (Wildman–Crippen MR) is 84.2 cm³/mol. The molecule has 16 heavy (non-hydrogen) atoms. The van der Waals surface area contributed by atoms with Gasteiger partial charge in [0.25, 0.3) is 0 Å². The van der Waals surface area contributed by atoms with E-state index in [0.717, 1.165) is 0 Å². The maximum atomic E-state index is 4.00. The molecule has 0 bridgehead atoms. The minimum absolute atomic E-state index is 1.15. The Balaban J connectivity index is 3.24. The molecule has 88 valence electrons. The number of hydrogen-bond donors (Lipinski definition) is 0. The zero-order valence-corrected chi connectivity index (χ0v) is 16.3. The van der Waals surface area contributed by atoms with Gasteiger partial charge in [-0.1, -0.05) is 0 Å². The van der Waals surface area contributed by atoms with Crippen LogP contribution in [0.1, 0.15) is 5.56 Å². The molecule has 0 amide bonds. The van der Waals surface area contributed by atoms with Crippen LogP contribution in [0.2, 0.25) is 29.5 Å². The van der Waals surface area contributed by atoms with Crippen molar-refractivity contribution in [1.82, 2.24) is 0 Å². The molecule has 1 aromatic carbocycles. The standard InChI is InChI=1S/C11H15Si.2CH3.BrH.Sn/c1-12(2,3)10-9-11-7-5-4-6-8-11;;;;/h4-8,10H,1-3H3;2*1H3;1H;/q;;;;+1/p-1. The minimum atomic E-state index is -2.18. The van der Waals surface area contributed by atoms with E-state index in [-0.39, 0.29) is 0 Å². The Bertz CT molecular complexity index is 371. The van der Waals surface area contributed by atoms with E-state index in [1.807, 2.05) is 0 Å². The zero-order chi connectivity index (χ0) is 12.4. The fourth-order valence-corrected chi connectivity index (χ4v) is 15.9. The Morgan fingerprint density at radius 3 is 2.00 bits per heavy atom. The molecule has 3 heteroatoms. The molecule has 0 saturated heterocycles. The normalized spacial score (nSPS) is 14.0. The molecular weight excluding hydrogens is 383 g/mol. The molecular formula is C13H21BrSiSn. The van der Waals surface area contributed by atoms with Crippen molar-refractivity contribution >= 4 is 40.5 Å². The van der Waals surface area contributed by atoms with Crippen LogP contribution < -0.4 is 0 Å². The summed E-state index contributed by atoms with van der Waals surface area (Å²) in [5, 5.41) is 0. The van der Waals surface area contributed by atoms with Gasteiger partial charge in [-0.05, 0) is 0 Å². The summed E-state index contributed by atoms with van der Waals surface area (Å²) < 4.78 is 1.62. The van der Waals surface area contributed by atoms with Gasteiger partial charge >= 0.3 is 112 Å². The first kappa shape index (κ1) is 14.5. The third-order valence-corrected chi connectivity index (χ3v) is 12.0. The van der Waals surface area contributed by atoms with Crippen LogP contribution in [0.4, 0.5) is 0 Å². The fraction of sp³-hybridized carbons (Fsp3) is 0.385. The van der Waals surface area contributed by atoms with Gasteiger partial charge in [-0.15, -0.1) is 0 Å². The van der Waals surface area contributed by atoms with Gasteiger partial charge in [0.1, 0.15) is 0 Å². The van der Waals surface area contributed by atoms with Crippen molar-refractivity contribution in [2.24, 2.45) is 0 Å². The van der Waals surface area contributed by atoms with Crippen molar-refractivity contribution in [3.8, 4) is 0 Å². The number of hydrogen-bond acceptors (Lipinski definition) is 0. The molecule has 0 fully saturated rings. The average molecular weight is 404 g/mol. The molecule has 0 saturated carbocycles. The topological polar surface area (TPSA) is 0 Å². The Hall–Kier alpha value is 0.456. The molecule has 0 aliphatic carbocycles. The van der Waals surface area contributed by atoms with Gasteiger partial charge in [0.05, 0.1) is 0 Å². The first-order valence-corrected chi connectivity index (χ1v) is 22.8. The summed E-state index contributed by atoms with van der Waals surface area (Å²) in [6.45, 7) is 7.21. The molecule has 0 aliphatic rings. The summed E-state index contributed by atoms with van der Waals surface area (Å²) in [7, 11) is -1.15. The summed E-state index contributed by atoms with van der Waals surface area (Å²) in [4.78, 5) is 4.85. The van der Waals surface area contributed by atoms with Gasteiger partial charge in [0, 0.05) is 0 Å². The second-order valence-corrected chi connectivity index (χ2v) is 34.0. The zero-order valence-electron chi connectivity index (χ0n) is 10.8. The molecule has 0 N–H and O–H groups in total. The number of rotatable bonds is 3. The van der Waals surface area contributed by atoms with E-state index in [1.165, 1.54) is 5.56 Å². The van der Waals surface area contributed by atoms with E-state index < -0.39 is 24.2 Å². The van der Waals surface area contributed by atoms with Crippen molar-refractivity contribution in [3.05, 3.63) is 41.6 Å². The van der Waals surface area contributed by atoms with Gasteiger partial charge < -0.3 is 0 Å². The SMILES string of the molecule is C[Si](C)(C)/C=[C](/c1ccccc1)[Sn]([CH3])([CH3])[Br]. The molecule has 0 atom stereocenters. The first-order chi connectivity index (χ1) is 7.20. The van der Waals surface area contributed by atoms with Gasteiger partial charge in [-0.25, -0.2) is 0 Å². The molecule has 1 aromatic rings. The Morgan fingerprint density at radius 1 is 1.12 bits per heavy atom. The quantitative estimate of drug-likeness (QED) is 0.617. The van der Waals surface area contributed by atoms with Crippen molar-refractivity contribution in [3.63, 3.8) is 0 Å². The van der Waals surface area contributed by atoms with E-state index in [9.17, 15) is 0 Å². The maximum absolute atomic E-state index is 4.00. The van der Waals surface area contributed by atoms with Gasteiger partial charge in [-0.2, -0.15) is 0 Å². The molecule has 0 aliphatic heterocycles. The van der Waals surface area contributed by atoms with E-state index in [1.54, 1.807) is 3.59 Å². The third-order valence-electron chi connectivity index (χ3n) is 2.30. The Labute approximate surface area is 111 Å². The molecule has 0 nitrogen and oxygen atoms in total. The second-order valence-electron chi connectivity index (χ2n) is 5.76. The Kier molecular flexibility index (Phi) is 4.90. The van der Waals surface area contributed by atoms with E-state index >= 15 is 0 Å². The van der Waals surface area contributed by atoms with Crippen LogP contribution in [0.25, 0.3) is 3.59 Å². The predicted octanol–water partition coefficient (Wildman–Crippen LogP) is 5.09. The van der Waals surface area contributed by atoms with Crippen molar-refractivity contribution < 1.29 is 0 Å². The molecule has 0 radical (unpaired) electrons. The van der Waals surface area contributed by atoms with Gasteiger partial charge in [0.15, 0.2) is 0 Å². The van der Waals surface area contributed by atoms with Crippen LogP contribution in [0, 0.1) is 0 Å². The Morgan fingerprint density at radius 2 is 1.62 bits per heavy atom. The monoisotopic (exact) mass is 404 g/mol. The van der Waals surface area contributed by atoms with Crippen molar-refractivity contribution in [2.45, 2.75) is 29.5 Å². The van der Waals surface area contributed by atoms with Gasteiger partial charge in [-0.3, -0.25) is 0 Å². The van der Waals surface area contributed by atoms with Crippen LogP contribution in [0.3, 0.4) is 0 Å². The number of halogens is 1. The van der Waals surface area contributed by atoms with Crippen LogP contribution in [0.15, 0.2) is 36.0 Å². The van der Waals surface area contributed by atoms with Crippen molar-refractivity contribution in [2.75, 3.05) is 0 Å². The van der Waals surface area contributed by atoms with Crippen molar-refractivity contribution in [1.29, 1.82) is 0 Å². The van der Waals surface area contributed by atoms with E-state index in [4.69, 9.17) is 0 Å². The summed E-state index contributed by atoms with van der Waals surface area (Å²) in [6, 6.07) is 10.8. The van der Waals surface area contributed by atoms with E-state index in [0.29, 0.717) is 0 Å². The summed E-state index contributed by atoms with van der Waals surface area (Å²) >= 11 is 1.82. The average Bonchev–Trinajstić information content (AvgIpc) is 2.13. The first-order valence-electron chi connectivity index (χ1n) is 5.68. The van der Waals surface area contributed by atoms with Crippen LogP contribution in [-0.4, -0.2) is 24.2 Å². The summed E-state index contributed by atoms with van der Waals surface area (Å²) in [5.41, 5.74) is 4.00. The van der Waals surface area contributed by atoms with Gasteiger partial charge in [0.2, 0.25) is 0 Å². The van der Waals surface area contributed by atoms with Crippen LogP contribution in [0.5, 0.6) is 0 Å². The third kappa shape index (κ3) is 4.76. The number of benzene rings is 1. The molecule has 0 spiro atoms. The second kappa shape index (κ2) is 5.40. The van der Waals surface area contributed by atoms with E-state index in [2.05, 4.69) is 78.3 Å². The van der Waals surface area contributed by atoms with Crippen LogP contribution >= 0.6 is 12.7 Å². The summed E-state index contributed by atoms with van der Waals surface area (Å²) in [5.74, 6) is 0.